The number of unbranched alkanes of at least 4 members (excludes halogenated alkanes) is 2. The maximum Gasteiger partial charge on any atom is 0.243 e. The van der Waals surface area contributed by atoms with Crippen LogP contribution in [0.5, 0.6) is 5.75 Å². The van der Waals surface area contributed by atoms with Crippen LogP contribution in [0.1, 0.15) is 42.6 Å². The number of fused-ring (bicyclic) bond motifs is 1. The van der Waals surface area contributed by atoms with Gasteiger partial charge in [-0.2, -0.15) is 0 Å². The summed E-state index contributed by atoms with van der Waals surface area (Å²) in [6, 6.07) is 23.9. The number of aromatic nitrogens is 2. The fraction of sp³-hybridized carbons (Fsp3) is 0.290. The number of para-hydroxylation sites is 2. The summed E-state index contributed by atoms with van der Waals surface area (Å²) in [5, 5.41) is 3.72. The zero-order valence-corrected chi connectivity index (χ0v) is 22.1. The van der Waals surface area contributed by atoms with Gasteiger partial charge in [-0.25, -0.2) is 4.98 Å². The molecule has 0 atom stereocenters. The molecule has 1 amide bonds. The number of benzene rings is 3. The van der Waals surface area contributed by atoms with Crippen molar-refractivity contribution in [3.8, 4) is 5.75 Å². The second-order valence-corrected chi connectivity index (χ2v) is 9.53. The van der Waals surface area contributed by atoms with Gasteiger partial charge in [-0.3, -0.25) is 4.79 Å². The molecule has 0 radical (unpaired) electrons. The summed E-state index contributed by atoms with van der Waals surface area (Å²) in [6.45, 7) is 4.14. The van der Waals surface area contributed by atoms with Crippen LogP contribution in [-0.4, -0.2) is 28.6 Å². The van der Waals surface area contributed by atoms with E-state index >= 15 is 0 Å². The first-order valence-electron chi connectivity index (χ1n) is 12.9. The summed E-state index contributed by atoms with van der Waals surface area (Å²) in [4.78, 5) is 16.9. The Labute approximate surface area is 224 Å². The van der Waals surface area contributed by atoms with Crippen molar-refractivity contribution in [1.29, 1.82) is 0 Å². The van der Waals surface area contributed by atoms with Crippen molar-refractivity contribution in [1.82, 2.24) is 14.9 Å². The minimum Gasteiger partial charge on any atom is -0.494 e. The van der Waals surface area contributed by atoms with E-state index in [1.54, 1.807) is 6.08 Å². The molecule has 0 saturated heterocycles. The standard InChI is InChI=1S/C31H34ClN3O2/c1-24-23-26(17-18-27(24)32)37-22-10-21-35-29-14-8-7-13-28(29)34-30(35)15-6-3-9-20-33-31(36)19-16-25-11-4-2-5-12-25/h2,4-5,7-8,11-14,16-19,23H,3,6,9-10,15,20-22H2,1H3,(H,33,36)/b19-16+. The van der Waals surface area contributed by atoms with Gasteiger partial charge in [-0.1, -0.05) is 60.5 Å². The molecule has 0 saturated carbocycles. The number of rotatable bonds is 13. The van der Waals surface area contributed by atoms with Crippen molar-refractivity contribution in [3.63, 3.8) is 0 Å². The van der Waals surface area contributed by atoms with Crippen LogP contribution in [0.15, 0.2) is 78.9 Å². The Morgan fingerprint density at radius 2 is 1.81 bits per heavy atom. The number of nitrogens with one attached hydrogen (secondary N) is 1. The molecule has 1 aromatic heterocycles. The lowest BCUT2D eigenvalue weighted by Gasteiger charge is -2.11. The van der Waals surface area contributed by atoms with E-state index in [-0.39, 0.29) is 5.91 Å². The smallest absolute Gasteiger partial charge is 0.243 e. The number of carbonyl (C=O) groups is 1. The third-order valence-electron chi connectivity index (χ3n) is 6.26. The molecule has 0 aliphatic rings. The number of imidazole rings is 1. The van der Waals surface area contributed by atoms with Gasteiger partial charge in [0.2, 0.25) is 5.91 Å². The largest absolute Gasteiger partial charge is 0.494 e. The van der Waals surface area contributed by atoms with Crippen molar-refractivity contribution < 1.29 is 9.53 Å². The van der Waals surface area contributed by atoms with Crippen molar-refractivity contribution >= 4 is 34.6 Å². The van der Waals surface area contributed by atoms with Gasteiger partial charge in [-0.15, -0.1) is 0 Å². The molecule has 192 valence electrons. The Bertz CT molecular complexity index is 1330. The number of halogens is 1. The summed E-state index contributed by atoms with van der Waals surface area (Å²) in [7, 11) is 0. The molecule has 0 spiro atoms. The van der Waals surface area contributed by atoms with Crippen molar-refractivity contribution in [2.24, 2.45) is 0 Å². The number of ether oxygens (including phenoxy) is 1. The molecule has 5 nitrogen and oxygen atoms in total. The van der Waals surface area contributed by atoms with Gasteiger partial charge < -0.3 is 14.6 Å². The average Bonchev–Trinajstić information content (AvgIpc) is 3.27. The first kappa shape index (κ1) is 26.5. The predicted octanol–water partition coefficient (Wildman–Crippen LogP) is 7.01. The van der Waals surface area contributed by atoms with Crippen molar-refractivity contribution in [3.05, 3.63) is 101 Å². The van der Waals surface area contributed by atoms with Gasteiger partial charge in [-0.05, 0) is 73.7 Å². The maximum atomic E-state index is 12.0. The highest BCUT2D eigenvalue weighted by molar-refractivity contribution is 6.31. The van der Waals surface area contributed by atoms with Gasteiger partial charge in [0.25, 0.3) is 0 Å². The summed E-state index contributed by atoms with van der Waals surface area (Å²) in [6.07, 6.45) is 8.23. The highest BCUT2D eigenvalue weighted by Crippen LogP contribution is 2.22. The summed E-state index contributed by atoms with van der Waals surface area (Å²) in [5.41, 5.74) is 4.24. The zero-order valence-electron chi connectivity index (χ0n) is 21.3. The Morgan fingerprint density at radius 3 is 2.65 bits per heavy atom. The Kier molecular flexibility index (Phi) is 9.78. The molecule has 1 N–H and O–H groups in total. The van der Waals surface area contributed by atoms with Gasteiger partial charge in [0.1, 0.15) is 11.6 Å². The van der Waals surface area contributed by atoms with Gasteiger partial charge in [0, 0.05) is 30.6 Å². The number of nitrogens with zero attached hydrogens (tertiary/aromatic N) is 2. The van der Waals surface area contributed by atoms with Crippen LogP contribution in [-0.2, 0) is 17.8 Å². The first-order chi connectivity index (χ1) is 18.1. The van der Waals surface area contributed by atoms with Crippen LogP contribution >= 0.6 is 11.6 Å². The fourth-order valence-corrected chi connectivity index (χ4v) is 4.39. The molecule has 1 heterocycles. The number of carbonyl (C=O) groups excluding carboxylic acids is 1. The molecular weight excluding hydrogens is 482 g/mol. The summed E-state index contributed by atoms with van der Waals surface area (Å²) in [5.74, 6) is 1.90. The van der Waals surface area contributed by atoms with E-state index in [1.807, 2.05) is 67.6 Å². The lowest BCUT2D eigenvalue weighted by Crippen LogP contribution is -2.22. The van der Waals surface area contributed by atoms with Crippen LogP contribution < -0.4 is 10.1 Å². The predicted molar refractivity (Wildman–Crippen MR) is 152 cm³/mol. The SMILES string of the molecule is Cc1cc(OCCCn2c(CCCCCNC(=O)/C=C/c3ccccc3)nc3ccccc32)ccc1Cl. The molecule has 0 bridgehead atoms. The fourth-order valence-electron chi connectivity index (χ4n) is 4.28. The Morgan fingerprint density at radius 1 is 1.00 bits per heavy atom. The zero-order chi connectivity index (χ0) is 25.9. The van der Waals surface area contributed by atoms with E-state index in [9.17, 15) is 4.79 Å². The Hall–Kier alpha value is -3.57. The quantitative estimate of drug-likeness (QED) is 0.154. The molecule has 0 aliphatic carbocycles. The number of aryl methyl sites for hydroxylation is 3. The highest BCUT2D eigenvalue weighted by atomic mass is 35.5. The van der Waals surface area contributed by atoms with Crippen LogP contribution in [0.3, 0.4) is 0 Å². The lowest BCUT2D eigenvalue weighted by molar-refractivity contribution is -0.116. The minimum absolute atomic E-state index is 0.0541. The molecule has 0 aliphatic heterocycles. The van der Waals surface area contributed by atoms with E-state index in [1.165, 1.54) is 0 Å². The highest BCUT2D eigenvalue weighted by Gasteiger charge is 2.10. The second-order valence-electron chi connectivity index (χ2n) is 9.13. The average molecular weight is 516 g/mol. The molecule has 37 heavy (non-hydrogen) atoms. The molecule has 4 aromatic rings. The molecular formula is C31H34ClN3O2. The van der Waals surface area contributed by atoms with E-state index in [2.05, 4.69) is 28.1 Å². The van der Waals surface area contributed by atoms with Gasteiger partial charge in [0.05, 0.1) is 17.6 Å². The van der Waals surface area contributed by atoms with E-state index in [0.29, 0.717) is 13.2 Å². The van der Waals surface area contributed by atoms with Crippen molar-refractivity contribution in [2.75, 3.05) is 13.2 Å². The van der Waals surface area contributed by atoms with Crippen LogP contribution in [0.2, 0.25) is 5.02 Å². The topological polar surface area (TPSA) is 56.1 Å². The monoisotopic (exact) mass is 515 g/mol. The minimum atomic E-state index is -0.0541. The molecule has 6 heteroatoms. The molecule has 0 unspecified atom stereocenters. The van der Waals surface area contributed by atoms with E-state index in [4.69, 9.17) is 21.3 Å². The summed E-state index contributed by atoms with van der Waals surface area (Å²) < 4.78 is 8.27. The van der Waals surface area contributed by atoms with Crippen LogP contribution in [0, 0.1) is 6.92 Å². The number of hydrogen-bond acceptors (Lipinski definition) is 3. The van der Waals surface area contributed by atoms with Crippen LogP contribution in [0.25, 0.3) is 17.1 Å². The van der Waals surface area contributed by atoms with E-state index in [0.717, 1.165) is 77.4 Å². The van der Waals surface area contributed by atoms with Gasteiger partial charge in [0.15, 0.2) is 0 Å². The molecule has 4 rings (SSSR count). The molecule has 3 aromatic carbocycles. The van der Waals surface area contributed by atoms with Gasteiger partial charge >= 0.3 is 0 Å². The molecule has 0 fully saturated rings. The Balaban J connectivity index is 1.21. The van der Waals surface area contributed by atoms with Crippen LogP contribution in [0.4, 0.5) is 0 Å². The number of hydrogen-bond donors (Lipinski definition) is 1. The normalized spacial score (nSPS) is 11.3. The lowest BCUT2D eigenvalue weighted by atomic mass is 10.2. The summed E-state index contributed by atoms with van der Waals surface area (Å²) >= 11 is 6.11. The number of amides is 1. The maximum absolute atomic E-state index is 12.0. The van der Waals surface area contributed by atoms with Crippen molar-refractivity contribution in [2.45, 2.75) is 45.6 Å². The van der Waals surface area contributed by atoms with E-state index < -0.39 is 0 Å². The second kappa shape index (κ2) is 13.7. The third kappa shape index (κ3) is 7.96. The third-order valence-corrected chi connectivity index (χ3v) is 6.69. The first-order valence-corrected chi connectivity index (χ1v) is 13.3.